The van der Waals surface area contributed by atoms with Gasteiger partial charge in [0.15, 0.2) is 0 Å². The van der Waals surface area contributed by atoms with E-state index in [1.165, 1.54) is 22.7 Å². The fourth-order valence-corrected chi connectivity index (χ4v) is 3.09. The van der Waals surface area contributed by atoms with E-state index in [0.29, 0.717) is 17.3 Å². The van der Waals surface area contributed by atoms with Gasteiger partial charge in [-0.2, -0.15) is 0 Å². The SMILES string of the molecule is Cc1ccccc1SCC(=O)N(C)Cc1cc(C(=O)O)c(C)o1. The van der Waals surface area contributed by atoms with Gasteiger partial charge in [-0.1, -0.05) is 18.2 Å². The summed E-state index contributed by atoms with van der Waals surface area (Å²) in [6.45, 7) is 3.86. The molecule has 2 aromatic rings. The Kier molecular flexibility index (Phi) is 5.50. The fraction of sp³-hybridized carbons (Fsp3) is 0.294. The van der Waals surface area contributed by atoms with Gasteiger partial charge in [0.05, 0.1) is 12.3 Å². The zero-order valence-corrected chi connectivity index (χ0v) is 14.1. The lowest BCUT2D eigenvalue weighted by Gasteiger charge is -2.15. The number of furan rings is 1. The molecule has 1 aromatic carbocycles. The van der Waals surface area contributed by atoms with Gasteiger partial charge in [-0.25, -0.2) is 4.79 Å². The first kappa shape index (κ1) is 17.1. The molecule has 23 heavy (non-hydrogen) atoms. The maximum Gasteiger partial charge on any atom is 0.339 e. The second-order valence-corrected chi connectivity index (χ2v) is 6.31. The molecule has 1 heterocycles. The van der Waals surface area contributed by atoms with Crippen molar-refractivity contribution in [1.82, 2.24) is 4.90 Å². The number of carboxylic acid groups (broad SMARTS) is 1. The minimum atomic E-state index is -1.03. The average molecular weight is 333 g/mol. The summed E-state index contributed by atoms with van der Waals surface area (Å²) >= 11 is 1.49. The van der Waals surface area contributed by atoms with E-state index in [9.17, 15) is 9.59 Å². The molecule has 0 aliphatic carbocycles. The van der Waals surface area contributed by atoms with Crippen molar-refractivity contribution in [2.45, 2.75) is 25.3 Å². The highest BCUT2D eigenvalue weighted by molar-refractivity contribution is 8.00. The molecule has 122 valence electrons. The predicted octanol–water partition coefficient (Wildman–Crippen LogP) is 3.35. The highest BCUT2D eigenvalue weighted by Gasteiger charge is 2.17. The molecule has 0 saturated carbocycles. The number of amides is 1. The second kappa shape index (κ2) is 7.37. The van der Waals surface area contributed by atoms with Gasteiger partial charge in [-0.05, 0) is 31.5 Å². The van der Waals surface area contributed by atoms with E-state index >= 15 is 0 Å². The van der Waals surface area contributed by atoms with Crippen molar-refractivity contribution in [3.63, 3.8) is 0 Å². The first-order chi connectivity index (χ1) is 10.9. The number of carbonyl (C=O) groups is 2. The highest BCUT2D eigenvalue weighted by atomic mass is 32.2. The number of aryl methyl sites for hydroxylation is 2. The average Bonchev–Trinajstić information content (AvgIpc) is 2.86. The highest BCUT2D eigenvalue weighted by Crippen LogP contribution is 2.22. The number of aromatic carboxylic acids is 1. The predicted molar refractivity (Wildman–Crippen MR) is 88.8 cm³/mol. The van der Waals surface area contributed by atoms with Crippen LogP contribution in [-0.2, 0) is 11.3 Å². The summed E-state index contributed by atoms with van der Waals surface area (Å²) in [4.78, 5) is 25.8. The first-order valence-corrected chi connectivity index (χ1v) is 8.12. The number of carbonyl (C=O) groups excluding carboxylic acids is 1. The van der Waals surface area contributed by atoms with Crippen molar-refractivity contribution < 1.29 is 19.1 Å². The van der Waals surface area contributed by atoms with E-state index in [1.807, 2.05) is 31.2 Å². The molecule has 0 atom stereocenters. The Morgan fingerprint density at radius 2 is 1.96 bits per heavy atom. The summed E-state index contributed by atoms with van der Waals surface area (Å²) in [7, 11) is 1.68. The molecule has 1 aromatic heterocycles. The van der Waals surface area contributed by atoms with Crippen LogP contribution in [0.5, 0.6) is 0 Å². The number of hydrogen-bond acceptors (Lipinski definition) is 4. The van der Waals surface area contributed by atoms with E-state index in [0.717, 1.165) is 10.5 Å². The second-order valence-electron chi connectivity index (χ2n) is 5.29. The molecule has 6 heteroatoms. The Morgan fingerprint density at radius 3 is 2.57 bits per heavy atom. The maximum atomic E-state index is 12.2. The zero-order chi connectivity index (χ0) is 17.0. The monoisotopic (exact) mass is 333 g/mol. The Balaban J connectivity index is 1.94. The number of rotatable bonds is 6. The van der Waals surface area contributed by atoms with Crippen LogP contribution in [0.1, 0.15) is 27.4 Å². The topological polar surface area (TPSA) is 70.8 Å². The largest absolute Gasteiger partial charge is 0.478 e. The van der Waals surface area contributed by atoms with Gasteiger partial charge in [-0.3, -0.25) is 4.79 Å². The number of hydrogen-bond donors (Lipinski definition) is 1. The van der Waals surface area contributed by atoms with Crippen LogP contribution in [0.25, 0.3) is 0 Å². The normalized spacial score (nSPS) is 10.6. The van der Waals surface area contributed by atoms with Gasteiger partial charge in [0.25, 0.3) is 0 Å². The van der Waals surface area contributed by atoms with Crippen molar-refractivity contribution in [1.29, 1.82) is 0 Å². The van der Waals surface area contributed by atoms with Gasteiger partial charge in [0, 0.05) is 11.9 Å². The van der Waals surface area contributed by atoms with Gasteiger partial charge in [0.2, 0.25) is 5.91 Å². The quantitative estimate of drug-likeness (QED) is 0.821. The van der Waals surface area contributed by atoms with Crippen LogP contribution >= 0.6 is 11.8 Å². The minimum Gasteiger partial charge on any atom is -0.478 e. The molecule has 0 aliphatic heterocycles. The molecule has 0 saturated heterocycles. The van der Waals surface area contributed by atoms with Crippen molar-refractivity contribution in [3.8, 4) is 0 Å². The summed E-state index contributed by atoms with van der Waals surface area (Å²) in [6.07, 6.45) is 0. The molecule has 1 N–H and O–H groups in total. The van der Waals surface area contributed by atoms with Gasteiger partial charge < -0.3 is 14.4 Å². The third-order valence-corrected chi connectivity index (χ3v) is 4.62. The minimum absolute atomic E-state index is 0.0378. The van der Waals surface area contributed by atoms with E-state index in [2.05, 4.69) is 0 Å². The van der Waals surface area contributed by atoms with Gasteiger partial charge in [-0.15, -0.1) is 11.8 Å². The van der Waals surface area contributed by atoms with Crippen molar-refractivity contribution in [2.75, 3.05) is 12.8 Å². The zero-order valence-electron chi connectivity index (χ0n) is 13.3. The molecule has 0 radical (unpaired) electrons. The van der Waals surface area contributed by atoms with Crippen LogP contribution in [0, 0.1) is 13.8 Å². The summed E-state index contributed by atoms with van der Waals surface area (Å²) in [5, 5.41) is 9.01. The third kappa shape index (κ3) is 4.39. The molecule has 2 rings (SSSR count). The number of thioether (sulfide) groups is 1. The summed E-state index contributed by atoms with van der Waals surface area (Å²) in [5.41, 5.74) is 1.27. The van der Waals surface area contributed by atoms with Gasteiger partial charge in [0.1, 0.15) is 17.1 Å². The molecule has 0 fully saturated rings. The van der Waals surface area contributed by atoms with E-state index < -0.39 is 5.97 Å². The lowest BCUT2D eigenvalue weighted by atomic mass is 10.2. The number of benzene rings is 1. The van der Waals surface area contributed by atoms with Crippen molar-refractivity contribution in [2.24, 2.45) is 0 Å². The molecule has 0 aliphatic rings. The Morgan fingerprint density at radius 1 is 1.26 bits per heavy atom. The van der Waals surface area contributed by atoms with Crippen LogP contribution in [-0.4, -0.2) is 34.7 Å². The van der Waals surface area contributed by atoms with Crippen molar-refractivity contribution in [3.05, 3.63) is 53.0 Å². The fourth-order valence-electron chi connectivity index (χ4n) is 2.12. The van der Waals surface area contributed by atoms with E-state index in [-0.39, 0.29) is 18.0 Å². The first-order valence-electron chi connectivity index (χ1n) is 7.13. The van der Waals surface area contributed by atoms with Crippen molar-refractivity contribution >= 4 is 23.6 Å². The van der Waals surface area contributed by atoms with Crippen LogP contribution in [0.4, 0.5) is 0 Å². The van der Waals surface area contributed by atoms with Crippen LogP contribution in [0.2, 0.25) is 0 Å². The molecule has 5 nitrogen and oxygen atoms in total. The molecule has 1 amide bonds. The lowest BCUT2D eigenvalue weighted by molar-refractivity contribution is -0.127. The number of carboxylic acids is 1. The Hall–Kier alpha value is -2.21. The summed E-state index contributed by atoms with van der Waals surface area (Å²) < 4.78 is 5.40. The maximum absolute atomic E-state index is 12.2. The van der Waals surface area contributed by atoms with Crippen LogP contribution in [0.15, 0.2) is 39.6 Å². The summed E-state index contributed by atoms with van der Waals surface area (Å²) in [5.74, 6) is 0.0809. The standard InChI is InChI=1S/C17H19NO4S/c1-11-6-4-5-7-15(11)23-10-16(19)18(3)9-13-8-14(17(20)21)12(2)22-13/h4-8H,9-10H2,1-3H3,(H,20,21). The molecule has 0 spiro atoms. The molecular formula is C17H19NO4S. The molecular weight excluding hydrogens is 314 g/mol. The van der Waals surface area contributed by atoms with Crippen LogP contribution < -0.4 is 0 Å². The lowest BCUT2D eigenvalue weighted by Crippen LogP contribution is -2.27. The van der Waals surface area contributed by atoms with Crippen LogP contribution in [0.3, 0.4) is 0 Å². The smallest absolute Gasteiger partial charge is 0.339 e. The van der Waals surface area contributed by atoms with Gasteiger partial charge >= 0.3 is 5.97 Å². The Bertz CT molecular complexity index is 723. The third-order valence-electron chi connectivity index (χ3n) is 3.46. The van der Waals surface area contributed by atoms with E-state index in [4.69, 9.17) is 9.52 Å². The molecule has 0 unspecified atom stereocenters. The van der Waals surface area contributed by atoms with E-state index in [1.54, 1.807) is 14.0 Å². The Labute approximate surface area is 139 Å². The number of nitrogens with zero attached hydrogens (tertiary/aromatic N) is 1. The summed E-state index contributed by atoms with van der Waals surface area (Å²) in [6, 6.07) is 9.38. The molecule has 0 bridgehead atoms.